The molecule has 0 bridgehead atoms. The van der Waals surface area contributed by atoms with Crippen LogP contribution in [0.25, 0.3) is 0 Å². The summed E-state index contributed by atoms with van der Waals surface area (Å²) in [4.78, 5) is 23.9. The van der Waals surface area contributed by atoms with Crippen molar-refractivity contribution in [1.82, 2.24) is 5.32 Å². The summed E-state index contributed by atoms with van der Waals surface area (Å²) in [5.41, 5.74) is -0.686. The maximum atomic E-state index is 12.3. The quantitative estimate of drug-likeness (QED) is 0.872. The molecule has 1 aromatic heterocycles. The van der Waals surface area contributed by atoms with E-state index in [0.29, 0.717) is 30.6 Å². The van der Waals surface area contributed by atoms with Gasteiger partial charge in [-0.1, -0.05) is 6.92 Å². The van der Waals surface area contributed by atoms with Crippen LogP contribution >= 0.6 is 11.8 Å². The maximum absolute atomic E-state index is 12.3. The third-order valence-corrected chi connectivity index (χ3v) is 4.56. The summed E-state index contributed by atoms with van der Waals surface area (Å²) in [6, 6.07) is 1.60. The van der Waals surface area contributed by atoms with Crippen LogP contribution in [0.1, 0.15) is 42.3 Å². The molecule has 2 heterocycles. The zero-order valence-electron chi connectivity index (χ0n) is 11.5. The van der Waals surface area contributed by atoms with Gasteiger partial charge < -0.3 is 14.8 Å². The van der Waals surface area contributed by atoms with Crippen LogP contribution in [-0.4, -0.2) is 34.0 Å². The van der Waals surface area contributed by atoms with Gasteiger partial charge in [-0.3, -0.25) is 4.79 Å². The predicted molar refractivity (Wildman–Crippen MR) is 77.1 cm³/mol. The van der Waals surface area contributed by atoms with E-state index in [1.54, 1.807) is 17.8 Å². The molecule has 20 heavy (non-hydrogen) atoms. The second-order valence-corrected chi connectivity index (χ2v) is 6.19. The lowest BCUT2D eigenvalue weighted by Gasteiger charge is -2.33. The maximum Gasteiger partial charge on any atom is 0.329 e. The molecule has 110 valence electrons. The summed E-state index contributed by atoms with van der Waals surface area (Å²) in [6.45, 7) is 2.00. The molecule has 0 saturated carbocycles. The van der Waals surface area contributed by atoms with Crippen LogP contribution in [0.4, 0.5) is 0 Å². The van der Waals surface area contributed by atoms with Gasteiger partial charge in [-0.25, -0.2) is 4.79 Å². The van der Waals surface area contributed by atoms with E-state index in [1.807, 2.05) is 6.92 Å². The number of carboxylic acids is 1. The molecule has 0 unspecified atom stereocenters. The first-order chi connectivity index (χ1) is 9.59. The van der Waals surface area contributed by atoms with Gasteiger partial charge in [0.1, 0.15) is 11.3 Å². The molecule has 1 fully saturated rings. The minimum absolute atomic E-state index is 0.350. The molecule has 0 aromatic carbocycles. The second-order valence-electron chi connectivity index (χ2n) is 4.96. The van der Waals surface area contributed by atoms with Gasteiger partial charge in [0.15, 0.2) is 0 Å². The van der Waals surface area contributed by atoms with Crippen molar-refractivity contribution in [3.8, 4) is 0 Å². The van der Waals surface area contributed by atoms with Gasteiger partial charge in [0, 0.05) is 6.42 Å². The number of rotatable bonds is 5. The highest BCUT2D eigenvalue weighted by atomic mass is 32.2. The Morgan fingerprint density at radius 2 is 2.15 bits per heavy atom. The summed E-state index contributed by atoms with van der Waals surface area (Å²) in [5, 5.41) is 12.2. The average Bonchev–Trinajstić information content (AvgIpc) is 2.88. The number of carbonyl (C=O) groups excluding carboxylic acids is 1. The summed E-state index contributed by atoms with van der Waals surface area (Å²) >= 11 is 1.72. The number of hydrogen-bond acceptors (Lipinski definition) is 4. The Bertz CT molecular complexity index is 491. The van der Waals surface area contributed by atoms with E-state index < -0.39 is 11.5 Å². The highest BCUT2D eigenvalue weighted by Gasteiger charge is 2.41. The van der Waals surface area contributed by atoms with Crippen LogP contribution in [0.2, 0.25) is 0 Å². The van der Waals surface area contributed by atoms with Crippen molar-refractivity contribution in [2.75, 3.05) is 11.5 Å². The molecule has 1 amide bonds. The lowest BCUT2D eigenvalue weighted by atomic mass is 9.91. The topological polar surface area (TPSA) is 79.5 Å². The van der Waals surface area contributed by atoms with Crippen molar-refractivity contribution < 1.29 is 19.1 Å². The van der Waals surface area contributed by atoms with E-state index in [-0.39, 0.29) is 5.91 Å². The zero-order chi connectivity index (χ0) is 14.6. The van der Waals surface area contributed by atoms with E-state index in [2.05, 4.69) is 5.32 Å². The summed E-state index contributed by atoms with van der Waals surface area (Å²) in [5.74, 6) is 0.818. The van der Waals surface area contributed by atoms with E-state index in [1.165, 1.54) is 6.26 Å². The summed E-state index contributed by atoms with van der Waals surface area (Å²) in [6.07, 6.45) is 3.93. The number of carboxylic acid groups (broad SMARTS) is 1. The van der Waals surface area contributed by atoms with Crippen LogP contribution in [0.3, 0.4) is 0 Å². The van der Waals surface area contributed by atoms with Crippen LogP contribution in [0.15, 0.2) is 16.7 Å². The average molecular weight is 297 g/mol. The normalized spacial score (nSPS) is 17.6. The minimum atomic E-state index is -1.14. The number of nitrogens with one attached hydrogen (secondary N) is 1. The molecule has 1 saturated heterocycles. The first kappa shape index (κ1) is 15.0. The van der Waals surface area contributed by atoms with Gasteiger partial charge in [0.2, 0.25) is 0 Å². The van der Waals surface area contributed by atoms with Gasteiger partial charge in [0.25, 0.3) is 5.91 Å². The van der Waals surface area contributed by atoms with Gasteiger partial charge >= 0.3 is 5.97 Å². The number of thioether (sulfide) groups is 1. The summed E-state index contributed by atoms with van der Waals surface area (Å²) < 4.78 is 5.30. The smallest absolute Gasteiger partial charge is 0.329 e. The summed E-state index contributed by atoms with van der Waals surface area (Å²) in [7, 11) is 0. The third-order valence-electron chi connectivity index (χ3n) is 3.58. The molecule has 1 aromatic rings. The number of aryl methyl sites for hydroxylation is 1. The van der Waals surface area contributed by atoms with Gasteiger partial charge in [0.05, 0.1) is 11.8 Å². The van der Waals surface area contributed by atoms with Crippen molar-refractivity contribution in [3.63, 3.8) is 0 Å². The number of furan rings is 1. The standard InChI is InChI=1S/C14H19NO4S/c1-2-3-11-10(4-7-19-11)12(16)15-14(13(17)18)5-8-20-9-6-14/h4,7H,2-3,5-6,8-9H2,1H3,(H,15,16)(H,17,18). The number of hydrogen-bond donors (Lipinski definition) is 2. The lowest BCUT2D eigenvalue weighted by Crippen LogP contribution is -2.56. The fourth-order valence-electron chi connectivity index (χ4n) is 2.36. The van der Waals surface area contributed by atoms with Crippen molar-refractivity contribution in [3.05, 3.63) is 23.7 Å². The van der Waals surface area contributed by atoms with Gasteiger partial charge in [-0.05, 0) is 36.8 Å². The second kappa shape index (κ2) is 6.35. The van der Waals surface area contributed by atoms with E-state index >= 15 is 0 Å². The van der Waals surface area contributed by atoms with Crippen molar-refractivity contribution in [2.24, 2.45) is 0 Å². The molecular weight excluding hydrogens is 278 g/mol. The Morgan fingerprint density at radius 3 is 2.75 bits per heavy atom. The highest BCUT2D eigenvalue weighted by molar-refractivity contribution is 7.99. The molecular formula is C14H19NO4S. The SMILES string of the molecule is CCCc1occc1C(=O)NC1(C(=O)O)CCSCC1. The molecule has 2 N–H and O–H groups in total. The number of amides is 1. The fourth-order valence-corrected chi connectivity index (χ4v) is 3.55. The first-order valence-corrected chi connectivity index (χ1v) is 7.94. The molecule has 1 aliphatic heterocycles. The Morgan fingerprint density at radius 1 is 1.45 bits per heavy atom. The first-order valence-electron chi connectivity index (χ1n) is 6.79. The third kappa shape index (κ3) is 3.00. The molecule has 2 rings (SSSR count). The monoisotopic (exact) mass is 297 g/mol. The molecule has 0 aliphatic carbocycles. The Labute approximate surface area is 122 Å². The highest BCUT2D eigenvalue weighted by Crippen LogP contribution is 2.28. The van der Waals surface area contributed by atoms with Crippen LogP contribution in [-0.2, 0) is 11.2 Å². The Hall–Kier alpha value is -1.43. The Kier molecular flexibility index (Phi) is 4.75. The number of aliphatic carboxylic acids is 1. The molecule has 0 radical (unpaired) electrons. The van der Waals surface area contributed by atoms with Crippen LogP contribution in [0, 0.1) is 0 Å². The Balaban J connectivity index is 2.16. The fraction of sp³-hybridized carbons (Fsp3) is 0.571. The van der Waals surface area contributed by atoms with Crippen LogP contribution in [0.5, 0.6) is 0 Å². The molecule has 5 nitrogen and oxygen atoms in total. The van der Waals surface area contributed by atoms with Gasteiger partial charge in [-0.15, -0.1) is 0 Å². The minimum Gasteiger partial charge on any atom is -0.480 e. The molecule has 0 spiro atoms. The zero-order valence-corrected chi connectivity index (χ0v) is 12.3. The molecule has 1 aliphatic rings. The van der Waals surface area contributed by atoms with Crippen molar-refractivity contribution >= 4 is 23.6 Å². The molecule has 6 heteroatoms. The van der Waals surface area contributed by atoms with E-state index in [4.69, 9.17) is 4.42 Å². The predicted octanol–water partition coefficient (Wildman–Crippen LogP) is 2.31. The lowest BCUT2D eigenvalue weighted by molar-refractivity contribution is -0.144. The van der Waals surface area contributed by atoms with E-state index in [9.17, 15) is 14.7 Å². The van der Waals surface area contributed by atoms with Crippen LogP contribution < -0.4 is 5.32 Å². The van der Waals surface area contributed by atoms with Gasteiger partial charge in [-0.2, -0.15) is 11.8 Å². The van der Waals surface area contributed by atoms with Crippen molar-refractivity contribution in [1.29, 1.82) is 0 Å². The largest absolute Gasteiger partial charge is 0.480 e. The van der Waals surface area contributed by atoms with Crippen molar-refractivity contribution in [2.45, 2.75) is 38.1 Å². The van der Waals surface area contributed by atoms with E-state index in [0.717, 1.165) is 17.9 Å². The number of carbonyl (C=O) groups is 2. The molecule has 0 atom stereocenters.